The largest absolute Gasteiger partial charge is 0.390 e. The summed E-state index contributed by atoms with van der Waals surface area (Å²) in [6.07, 6.45) is 0.348. The van der Waals surface area contributed by atoms with Gasteiger partial charge in [-0.2, -0.15) is 0 Å². The van der Waals surface area contributed by atoms with E-state index in [1.807, 2.05) is 0 Å². The van der Waals surface area contributed by atoms with Gasteiger partial charge in [0, 0.05) is 19.1 Å². The quantitative estimate of drug-likeness (QED) is 0.596. The van der Waals surface area contributed by atoms with Crippen LogP contribution < -0.4 is 0 Å². The van der Waals surface area contributed by atoms with Crippen LogP contribution in [0.2, 0.25) is 0 Å². The van der Waals surface area contributed by atoms with Gasteiger partial charge in [0.15, 0.2) is 0 Å². The third-order valence-corrected chi connectivity index (χ3v) is 2.60. The average Bonchev–Trinajstić information content (AvgIpc) is 2.16. The molecular weight excluding hydrogens is 154 g/mol. The summed E-state index contributed by atoms with van der Waals surface area (Å²) in [7, 11) is 0. The summed E-state index contributed by atoms with van der Waals surface area (Å²) in [5.74, 6) is 0. The van der Waals surface area contributed by atoms with Crippen LogP contribution in [0.1, 0.15) is 26.7 Å². The van der Waals surface area contributed by atoms with Crippen molar-refractivity contribution >= 4 is 0 Å². The van der Waals surface area contributed by atoms with Crippen LogP contribution in [0.15, 0.2) is 0 Å². The lowest BCUT2D eigenvalue weighted by Crippen LogP contribution is -2.31. The van der Waals surface area contributed by atoms with Crippen molar-refractivity contribution in [3.05, 3.63) is 0 Å². The Hall–Kier alpha value is -0.120. The molecule has 0 spiro atoms. The minimum absolute atomic E-state index is 0.516. The summed E-state index contributed by atoms with van der Waals surface area (Å²) in [5.41, 5.74) is 0. The van der Waals surface area contributed by atoms with Gasteiger partial charge in [0.05, 0.1) is 12.2 Å². The highest BCUT2D eigenvalue weighted by molar-refractivity contribution is 4.77. The molecule has 72 valence electrons. The van der Waals surface area contributed by atoms with Crippen molar-refractivity contribution < 1.29 is 10.2 Å². The first-order valence-corrected chi connectivity index (χ1v) is 4.71. The Bertz CT molecular complexity index is 126. The van der Waals surface area contributed by atoms with Crippen LogP contribution in [-0.2, 0) is 0 Å². The molecule has 3 nitrogen and oxygen atoms in total. The molecule has 0 aromatic rings. The summed E-state index contributed by atoms with van der Waals surface area (Å²) in [6, 6.07) is 0.516. The molecule has 0 amide bonds. The molecule has 1 aliphatic rings. The Morgan fingerprint density at radius 1 is 1.08 bits per heavy atom. The molecule has 0 saturated carbocycles. The summed E-state index contributed by atoms with van der Waals surface area (Å²) >= 11 is 0. The highest BCUT2D eigenvalue weighted by Gasteiger charge is 2.23. The first-order valence-electron chi connectivity index (χ1n) is 4.71. The molecule has 0 radical (unpaired) electrons. The van der Waals surface area contributed by atoms with Crippen LogP contribution in [0.5, 0.6) is 0 Å². The van der Waals surface area contributed by atoms with E-state index < -0.39 is 12.2 Å². The van der Waals surface area contributed by atoms with Crippen LogP contribution >= 0.6 is 0 Å². The van der Waals surface area contributed by atoms with Gasteiger partial charge in [-0.1, -0.05) is 0 Å². The maximum Gasteiger partial charge on any atom is 0.0811 e. The van der Waals surface area contributed by atoms with Gasteiger partial charge in [-0.15, -0.1) is 0 Å². The van der Waals surface area contributed by atoms with E-state index in [-0.39, 0.29) is 0 Å². The lowest BCUT2D eigenvalue weighted by molar-refractivity contribution is 0.0187. The summed E-state index contributed by atoms with van der Waals surface area (Å²) in [5, 5.41) is 18.8. The molecular formula is C9H19NO2. The van der Waals surface area contributed by atoms with Crippen molar-refractivity contribution in [3.63, 3.8) is 0 Å². The summed E-state index contributed by atoms with van der Waals surface area (Å²) < 4.78 is 0. The molecule has 1 saturated heterocycles. The van der Waals surface area contributed by atoms with Crippen LogP contribution in [0.3, 0.4) is 0 Å². The summed E-state index contributed by atoms with van der Waals surface area (Å²) in [6.45, 7) is 6.08. The first-order chi connectivity index (χ1) is 5.61. The van der Waals surface area contributed by atoms with E-state index in [4.69, 9.17) is 0 Å². The Kier molecular flexibility index (Phi) is 3.50. The molecule has 1 rings (SSSR count). The van der Waals surface area contributed by atoms with Crippen molar-refractivity contribution in [2.75, 3.05) is 13.1 Å². The molecule has 0 aromatic carbocycles. The standard InChI is InChI=1S/C9H19NO2/c1-7(2)10-5-3-8(11)9(12)4-6-10/h7-9,11-12H,3-6H2,1-2H3. The molecule has 0 aliphatic carbocycles. The van der Waals surface area contributed by atoms with E-state index in [2.05, 4.69) is 18.7 Å². The molecule has 12 heavy (non-hydrogen) atoms. The zero-order valence-electron chi connectivity index (χ0n) is 7.90. The zero-order chi connectivity index (χ0) is 9.14. The fraction of sp³-hybridized carbons (Fsp3) is 1.00. The van der Waals surface area contributed by atoms with Crippen molar-refractivity contribution in [2.24, 2.45) is 0 Å². The van der Waals surface area contributed by atoms with Gasteiger partial charge in [-0.3, -0.25) is 0 Å². The van der Waals surface area contributed by atoms with Crippen LogP contribution in [0.4, 0.5) is 0 Å². The Balaban J connectivity index is 2.44. The molecule has 2 atom stereocenters. The zero-order valence-corrected chi connectivity index (χ0v) is 7.90. The van der Waals surface area contributed by atoms with Crippen molar-refractivity contribution in [2.45, 2.75) is 44.9 Å². The van der Waals surface area contributed by atoms with Gasteiger partial charge in [0.1, 0.15) is 0 Å². The lowest BCUT2D eigenvalue weighted by atomic mass is 10.1. The molecule has 0 aromatic heterocycles. The fourth-order valence-electron chi connectivity index (χ4n) is 1.61. The lowest BCUT2D eigenvalue weighted by Gasteiger charge is -2.23. The number of aliphatic hydroxyl groups is 2. The first kappa shape index (κ1) is 9.96. The van der Waals surface area contributed by atoms with Gasteiger partial charge in [-0.05, 0) is 26.7 Å². The third-order valence-electron chi connectivity index (χ3n) is 2.60. The molecule has 0 bridgehead atoms. The van der Waals surface area contributed by atoms with E-state index in [0.29, 0.717) is 18.9 Å². The molecule has 1 fully saturated rings. The number of likely N-dealkylation sites (tertiary alicyclic amines) is 1. The fourth-order valence-corrected chi connectivity index (χ4v) is 1.61. The molecule has 2 N–H and O–H groups in total. The highest BCUT2D eigenvalue weighted by atomic mass is 16.3. The minimum atomic E-state index is -0.520. The van der Waals surface area contributed by atoms with E-state index >= 15 is 0 Å². The van der Waals surface area contributed by atoms with Gasteiger partial charge in [0.2, 0.25) is 0 Å². The van der Waals surface area contributed by atoms with Crippen molar-refractivity contribution in [3.8, 4) is 0 Å². The minimum Gasteiger partial charge on any atom is -0.390 e. The van der Waals surface area contributed by atoms with Gasteiger partial charge in [0.25, 0.3) is 0 Å². The van der Waals surface area contributed by atoms with Crippen LogP contribution in [0.25, 0.3) is 0 Å². The second-order valence-electron chi connectivity index (χ2n) is 3.84. The number of nitrogens with zero attached hydrogens (tertiary/aromatic N) is 1. The van der Waals surface area contributed by atoms with E-state index in [9.17, 15) is 10.2 Å². The Morgan fingerprint density at radius 2 is 1.50 bits per heavy atom. The predicted octanol–water partition coefficient (Wildman–Crippen LogP) is 0.212. The average molecular weight is 173 g/mol. The summed E-state index contributed by atoms with van der Waals surface area (Å²) in [4.78, 5) is 2.29. The number of hydrogen-bond donors (Lipinski definition) is 2. The van der Waals surface area contributed by atoms with Crippen molar-refractivity contribution in [1.29, 1.82) is 0 Å². The topological polar surface area (TPSA) is 43.7 Å². The maximum absolute atomic E-state index is 9.38. The molecule has 2 unspecified atom stereocenters. The van der Waals surface area contributed by atoms with E-state index in [1.54, 1.807) is 0 Å². The van der Waals surface area contributed by atoms with E-state index in [0.717, 1.165) is 13.1 Å². The number of hydrogen-bond acceptors (Lipinski definition) is 3. The molecule has 3 heteroatoms. The Morgan fingerprint density at radius 3 is 1.83 bits per heavy atom. The normalized spacial score (nSPS) is 33.8. The number of aliphatic hydroxyl groups excluding tert-OH is 2. The SMILES string of the molecule is CC(C)N1CCC(O)C(O)CC1. The number of rotatable bonds is 1. The third kappa shape index (κ3) is 2.44. The maximum atomic E-state index is 9.38. The Labute approximate surface area is 74.0 Å². The second-order valence-corrected chi connectivity index (χ2v) is 3.84. The predicted molar refractivity (Wildman–Crippen MR) is 48.0 cm³/mol. The van der Waals surface area contributed by atoms with Crippen LogP contribution in [0, 0.1) is 0 Å². The van der Waals surface area contributed by atoms with Gasteiger partial charge < -0.3 is 15.1 Å². The van der Waals surface area contributed by atoms with E-state index in [1.165, 1.54) is 0 Å². The smallest absolute Gasteiger partial charge is 0.0811 e. The highest BCUT2D eigenvalue weighted by Crippen LogP contribution is 2.13. The van der Waals surface area contributed by atoms with Gasteiger partial charge in [-0.25, -0.2) is 0 Å². The van der Waals surface area contributed by atoms with Crippen molar-refractivity contribution in [1.82, 2.24) is 4.90 Å². The van der Waals surface area contributed by atoms with Gasteiger partial charge >= 0.3 is 0 Å². The monoisotopic (exact) mass is 173 g/mol. The molecule has 1 aliphatic heterocycles. The molecule has 1 heterocycles. The van der Waals surface area contributed by atoms with Crippen LogP contribution in [-0.4, -0.2) is 46.5 Å². The second kappa shape index (κ2) is 4.21.